The van der Waals surface area contributed by atoms with Crippen molar-refractivity contribution in [3.8, 4) is 11.3 Å². The Bertz CT molecular complexity index is 1580. The highest BCUT2D eigenvalue weighted by atomic mass is 16.3. The molecule has 0 N–H and O–H groups in total. The molecule has 6 rings (SSSR count). The highest BCUT2D eigenvalue weighted by Gasteiger charge is 2.13. The van der Waals surface area contributed by atoms with E-state index in [1.807, 2.05) is 37.4 Å². The number of furan rings is 1. The lowest BCUT2D eigenvalue weighted by atomic mass is 9.97. The first kappa shape index (κ1) is 16.3. The van der Waals surface area contributed by atoms with Crippen molar-refractivity contribution in [3.63, 3.8) is 0 Å². The van der Waals surface area contributed by atoms with E-state index in [0.29, 0.717) is 0 Å². The summed E-state index contributed by atoms with van der Waals surface area (Å²) in [6, 6.07) is 23.1. The van der Waals surface area contributed by atoms with Crippen LogP contribution in [0.25, 0.3) is 54.7 Å². The molecule has 3 aromatic heterocycles. The van der Waals surface area contributed by atoms with Gasteiger partial charge in [0.1, 0.15) is 11.2 Å². The summed E-state index contributed by atoms with van der Waals surface area (Å²) < 4.78 is 5.99. The van der Waals surface area contributed by atoms with Crippen LogP contribution in [-0.2, 0) is 0 Å². The van der Waals surface area contributed by atoms with Gasteiger partial charge in [-0.25, -0.2) is 0 Å². The van der Waals surface area contributed by atoms with Gasteiger partial charge < -0.3 is 4.42 Å². The molecule has 0 aliphatic heterocycles. The molecule has 0 unspecified atom stereocenters. The number of hydrogen-bond acceptors (Lipinski definition) is 3. The van der Waals surface area contributed by atoms with E-state index < -0.39 is 0 Å². The Morgan fingerprint density at radius 2 is 1.48 bits per heavy atom. The summed E-state index contributed by atoms with van der Waals surface area (Å²) in [6.45, 7) is 4.12. The van der Waals surface area contributed by atoms with Crippen molar-refractivity contribution in [2.75, 3.05) is 0 Å². The summed E-state index contributed by atoms with van der Waals surface area (Å²) in [7, 11) is 0. The molecule has 29 heavy (non-hydrogen) atoms. The third kappa shape index (κ3) is 2.37. The molecule has 3 aromatic carbocycles. The van der Waals surface area contributed by atoms with Gasteiger partial charge in [0.05, 0.1) is 5.69 Å². The molecule has 0 aliphatic rings. The van der Waals surface area contributed by atoms with E-state index in [9.17, 15) is 0 Å². The normalized spacial score (nSPS) is 11.8. The van der Waals surface area contributed by atoms with Crippen LogP contribution in [0.5, 0.6) is 0 Å². The maximum absolute atomic E-state index is 5.99. The molecule has 0 saturated heterocycles. The van der Waals surface area contributed by atoms with Gasteiger partial charge in [-0.2, -0.15) is 0 Å². The SMILES string of the molecule is Cc1cc2c(ccc3c(-c4ccc5oc6ccccc6c5c4)nccc32)c(C)n1. The fourth-order valence-corrected chi connectivity index (χ4v) is 4.42. The molecule has 0 spiro atoms. The van der Waals surface area contributed by atoms with Crippen molar-refractivity contribution < 1.29 is 4.42 Å². The van der Waals surface area contributed by atoms with Crippen LogP contribution in [0.1, 0.15) is 11.4 Å². The highest BCUT2D eigenvalue weighted by molar-refractivity contribution is 6.13. The Kier molecular flexibility index (Phi) is 3.30. The lowest BCUT2D eigenvalue weighted by Crippen LogP contribution is -1.91. The lowest BCUT2D eigenvalue weighted by molar-refractivity contribution is 0.669. The van der Waals surface area contributed by atoms with E-state index in [1.165, 1.54) is 16.2 Å². The average molecular weight is 374 g/mol. The number of benzene rings is 3. The van der Waals surface area contributed by atoms with Crippen molar-refractivity contribution in [2.24, 2.45) is 0 Å². The summed E-state index contributed by atoms with van der Waals surface area (Å²) in [5.74, 6) is 0. The minimum atomic E-state index is 0.901. The third-order valence-corrected chi connectivity index (χ3v) is 5.72. The second kappa shape index (κ2) is 5.89. The van der Waals surface area contributed by atoms with Crippen molar-refractivity contribution in [2.45, 2.75) is 13.8 Å². The molecule has 3 heteroatoms. The molecule has 6 aromatic rings. The van der Waals surface area contributed by atoms with Crippen molar-refractivity contribution in [3.05, 3.63) is 84.3 Å². The Balaban J connectivity index is 1.67. The number of rotatable bonds is 1. The molecule has 0 bridgehead atoms. The molecule has 0 aliphatic carbocycles. The molecule has 0 radical (unpaired) electrons. The predicted molar refractivity (Wildman–Crippen MR) is 119 cm³/mol. The van der Waals surface area contributed by atoms with E-state index >= 15 is 0 Å². The summed E-state index contributed by atoms with van der Waals surface area (Å²) >= 11 is 0. The van der Waals surface area contributed by atoms with Crippen molar-refractivity contribution in [1.29, 1.82) is 0 Å². The number of hydrogen-bond donors (Lipinski definition) is 0. The van der Waals surface area contributed by atoms with Gasteiger partial charge in [-0.15, -0.1) is 0 Å². The molecule has 0 amide bonds. The van der Waals surface area contributed by atoms with Gasteiger partial charge in [0.2, 0.25) is 0 Å². The first-order valence-corrected chi connectivity index (χ1v) is 9.76. The summed E-state index contributed by atoms with van der Waals surface area (Å²) in [4.78, 5) is 9.37. The standard InChI is InChI=1S/C26H18N2O/c1-15-13-22-18(16(2)28-15)8-9-21-19(22)11-12-27-26(21)17-7-10-25-23(14-17)20-5-3-4-6-24(20)29-25/h3-14H,1-2H3. The zero-order valence-corrected chi connectivity index (χ0v) is 16.2. The smallest absolute Gasteiger partial charge is 0.135 e. The Labute approximate surface area is 167 Å². The first-order valence-electron chi connectivity index (χ1n) is 9.76. The Morgan fingerprint density at radius 1 is 0.655 bits per heavy atom. The fourth-order valence-electron chi connectivity index (χ4n) is 4.42. The minimum absolute atomic E-state index is 0.901. The Morgan fingerprint density at radius 3 is 2.41 bits per heavy atom. The van der Waals surface area contributed by atoms with Crippen LogP contribution in [0.2, 0.25) is 0 Å². The molecule has 3 heterocycles. The lowest BCUT2D eigenvalue weighted by Gasteiger charge is -2.11. The van der Waals surface area contributed by atoms with E-state index in [1.54, 1.807) is 0 Å². The fraction of sp³-hybridized carbons (Fsp3) is 0.0769. The highest BCUT2D eigenvalue weighted by Crippen LogP contribution is 2.36. The van der Waals surface area contributed by atoms with Crippen LogP contribution in [0.15, 0.2) is 77.3 Å². The van der Waals surface area contributed by atoms with E-state index in [2.05, 4.69) is 54.4 Å². The topological polar surface area (TPSA) is 38.9 Å². The number of aromatic nitrogens is 2. The zero-order valence-electron chi connectivity index (χ0n) is 16.2. The quantitative estimate of drug-likeness (QED) is 0.292. The van der Waals surface area contributed by atoms with Crippen molar-refractivity contribution >= 4 is 43.5 Å². The third-order valence-electron chi connectivity index (χ3n) is 5.72. The zero-order chi connectivity index (χ0) is 19.5. The molecular weight excluding hydrogens is 356 g/mol. The summed E-state index contributed by atoms with van der Waals surface area (Å²) in [5, 5.41) is 7.03. The van der Waals surface area contributed by atoms with Crippen LogP contribution in [-0.4, -0.2) is 9.97 Å². The Hall–Kier alpha value is -3.72. The van der Waals surface area contributed by atoms with Gasteiger partial charge >= 0.3 is 0 Å². The number of aryl methyl sites for hydroxylation is 2. The molecule has 0 fully saturated rings. The van der Waals surface area contributed by atoms with Gasteiger partial charge in [-0.1, -0.05) is 30.3 Å². The van der Waals surface area contributed by atoms with Gasteiger partial charge in [-0.05, 0) is 61.0 Å². The number of fused-ring (bicyclic) bond motifs is 6. The molecule has 3 nitrogen and oxygen atoms in total. The van der Waals surface area contributed by atoms with Crippen molar-refractivity contribution in [1.82, 2.24) is 9.97 Å². The monoisotopic (exact) mass is 374 g/mol. The minimum Gasteiger partial charge on any atom is -0.456 e. The predicted octanol–water partition coefficient (Wildman–Crippen LogP) is 6.97. The summed E-state index contributed by atoms with van der Waals surface area (Å²) in [6.07, 6.45) is 1.90. The molecule has 0 atom stereocenters. The van der Waals surface area contributed by atoms with E-state index in [-0.39, 0.29) is 0 Å². The van der Waals surface area contributed by atoms with Crippen LogP contribution < -0.4 is 0 Å². The van der Waals surface area contributed by atoms with E-state index in [4.69, 9.17) is 9.40 Å². The van der Waals surface area contributed by atoms with Crippen LogP contribution in [0.4, 0.5) is 0 Å². The van der Waals surface area contributed by atoms with Crippen LogP contribution in [0.3, 0.4) is 0 Å². The maximum atomic E-state index is 5.99. The second-order valence-electron chi connectivity index (χ2n) is 7.57. The van der Waals surface area contributed by atoms with Crippen LogP contribution >= 0.6 is 0 Å². The number of pyridine rings is 2. The van der Waals surface area contributed by atoms with Crippen LogP contribution in [0, 0.1) is 13.8 Å². The largest absolute Gasteiger partial charge is 0.456 e. The second-order valence-corrected chi connectivity index (χ2v) is 7.57. The van der Waals surface area contributed by atoms with E-state index in [0.717, 1.165) is 50.0 Å². The van der Waals surface area contributed by atoms with Gasteiger partial charge in [0.15, 0.2) is 0 Å². The number of para-hydroxylation sites is 1. The molecular formula is C26H18N2O. The average Bonchev–Trinajstić information content (AvgIpc) is 3.11. The molecule has 138 valence electrons. The van der Waals surface area contributed by atoms with Gasteiger partial charge in [-0.3, -0.25) is 9.97 Å². The maximum Gasteiger partial charge on any atom is 0.135 e. The summed E-state index contributed by atoms with van der Waals surface area (Å²) in [5.41, 5.74) is 5.99. The molecule has 0 saturated carbocycles. The van der Waals surface area contributed by atoms with Gasteiger partial charge in [0, 0.05) is 44.7 Å². The van der Waals surface area contributed by atoms with Gasteiger partial charge in [0.25, 0.3) is 0 Å². The number of nitrogens with zero attached hydrogens (tertiary/aromatic N) is 2. The first-order chi connectivity index (χ1) is 14.2.